The van der Waals surface area contributed by atoms with Crippen LogP contribution in [0.1, 0.15) is 109 Å². The predicted molar refractivity (Wildman–Crippen MR) is 262 cm³/mol. The highest BCUT2D eigenvalue weighted by atomic mass is 35.5. The summed E-state index contributed by atoms with van der Waals surface area (Å²) in [6.07, 6.45) is 13.4. The summed E-state index contributed by atoms with van der Waals surface area (Å²) in [6.45, 7) is 37.9. The van der Waals surface area contributed by atoms with Crippen molar-refractivity contribution in [1.29, 1.82) is 0 Å². The van der Waals surface area contributed by atoms with Crippen molar-refractivity contribution in [2.24, 2.45) is 28.2 Å². The van der Waals surface area contributed by atoms with Crippen LogP contribution >= 0.6 is 34.5 Å². The summed E-state index contributed by atoms with van der Waals surface area (Å²) in [7, 11) is 8.29. The minimum Gasteiger partial charge on any atom is -0.469 e. The second-order valence-corrected chi connectivity index (χ2v) is 18.0. The van der Waals surface area contributed by atoms with Crippen molar-refractivity contribution in [2.45, 2.75) is 131 Å². The van der Waals surface area contributed by atoms with Crippen LogP contribution in [0.3, 0.4) is 0 Å². The Morgan fingerprint density at radius 3 is 1.02 bits per heavy atom. The summed E-state index contributed by atoms with van der Waals surface area (Å²) in [5, 5.41) is 3.86. The molecule has 0 saturated carbocycles. The third-order valence-corrected chi connectivity index (χ3v) is 14.1. The number of nitrogens with zero attached hydrogens (tertiary/aromatic N) is 4. The maximum Gasteiger partial charge on any atom is 0.103 e. The van der Waals surface area contributed by atoms with Crippen molar-refractivity contribution in [2.75, 3.05) is 0 Å². The van der Waals surface area contributed by atoms with E-state index in [1.54, 1.807) is 17.6 Å². The van der Waals surface area contributed by atoms with Crippen LogP contribution in [0.25, 0.3) is 0 Å². The van der Waals surface area contributed by atoms with Gasteiger partial charge in [0.25, 0.3) is 0 Å². The minimum absolute atomic E-state index is 0.896. The lowest BCUT2D eigenvalue weighted by Gasteiger charge is -1.93. The van der Waals surface area contributed by atoms with Gasteiger partial charge in [-0.1, -0.05) is 34.9 Å². The van der Waals surface area contributed by atoms with E-state index in [-0.39, 0.29) is 0 Å². The normalized spacial score (nSPS) is 11.4. The van der Waals surface area contributed by atoms with Crippen molar-refractivity contribution >= 4 is 34.5 Å². The number of aryl methyl sites for hydroxylation is 11. The molecule has 0 aromatic carbocycles. The minimum atomic E-state index is 0.896. The molecule has 0 N–H and O–H groups in total. The standard InChI is InChI=1S/3C8H13N.C7H9Cl.C7H11N.C7H10O.C6H7ClS/c3*1-6-5-9(4)8(3)7(6)2;1-5-3-4-7(8)6(5)2;1-6-4-5-8(3)7(6)2;1-5-4-8-7(3)6(5)2;1-4-5(2)8-3-6(4)7/h3*5H,1-4H3;3H,4H2,1-2H3;4-5H,1-3H3;4H,1-3H3;3H,1-2H3. The highest BCUT2D eigenvalue weighted by molar-refractivity contribution is 7.10. The molecule has 8 heteroatoms. The molecule has 0 saturated heterocycles. The molecule has 6 aromatic rings. The maximum atomic E-state index is 5.79. The van der Waals surface area contributed by atoms with Gasteiger partial charge in [-0.05, 0) is 192 Å². The van der Waals surface area contributed by atoms with E-state index in [9.17, 15) is 0 Å². The van der Waals surface area contributed by atoms with Gasteiger partial charge >= 0.3 is 0 Å². The Kier molecular flexibility index (Phi) is 22.0. The molecule has 0 amide bonds. The number of hydrogen-bond acceptors (Lipinski definition) is 2. The first kappa shape index (κ1) is 53.2. The van der Waals surface area contributed by atoms with Crippen molar-refractivity contribution in [3.8, 4) is 0 Å². The summed E-state index contributed by atoms with van der Waals surface area (Å²) in [5.74, 6) is 1.03. The van der Waals surface area contributed by atoms with Crippen molar-refractivity contribution in [1.82, 2.24) is 18.3 Å². The predicted octanol–water partition coefficient (Wildman–Crippen LogP) is 15.6. The SMILES string of the molecule is CC1=CCC(Cl)=C1C.Cc1ccn(C)c1C.Cc1cn(C)c(C)c1C.Cc1cn(C)c(C)c1C.Cc1cn(C)c(C)c1C.Cc1coc(C)c1C.Cc1scc(Cl)c1C. The highest BCUT2D eigenvalue weighted by Crippen LogP contribution is 2.27. The summed E-state index contributed by atoms with van der Waals surface area (Å²) in [4.78, 5) is 1.31. The molecule has 326 valence electrons. The van der Waals surface area contributed by atoms with Crippen molar-refractivity contribution in [3.63, 3.8) is 0 Å². The quantitative estimate of drug-likeness (QED) is 0.150. The van der Waals surface area contributed by atoms with Gasteiger partial charge < -0.3 is 22.7 Å². The molecule has 59 heavy (non-hydrogen) atoms. The van der Waals surface area contributed by atoms with E-state index in [0.717, 1.165) is 22.2 Å². The zero-order chi connectivity index (χ0) is 45.6. The molecule has 0 radical (unpaired) electrons. The van der Waals surface area contributed by atoms with E-state index < -0.39 is 0 Å². The van der Waals surface area contributed by atoms with E-state index in [1.165, 1.54) is 94.4 Å². The molecule has 1 aliphatic rings. The number of halogens is 2. The Morgan fingerprint density at radius 1 is 0.508 bits per heavy atom. The number of thiophene rings is 1. The number of rotatable bonds is 0. The highest BCUT2D eigenvalue weighted by Gasteiger charge is 2.06. The van der Waals surface area contributed by atoms with Crippen LogP contribution in [0.5, 0.6) is 0 Å². The molecule has 5 nitrogen and oxygen atoms in total. The van der Waals surface area contributed by atoms with Gasteiger partial charge in [-0.25, -0.2) is 0 Å². The van der Waals surface area contributed by atoms with Crippen LogP contribution in [0.4, 0.5) is 0 Å². The van der Waals surface area contributed by atoms with E-state index in [0.29, 0.717) is 0 Å². The van der Waals surface area contributed by atoms with E-state index >= 15 is 0 Å². The zero-order valence-corrected chi connectivity index (χ0v) is 43.0. The largest absolute Gasteiger partial charge is 0.469 e. The number of aromatic nitrogens is 4. The fraction of sp³-hybridized carbons (Fsp3) is 0.451. The lowest BCUT2D eigenvalue weighted by molar-refractivity contribution is 0.530. The van der Waals surface area contributed by atoms with Gasteiger partial charge in [0, 0.05) is 97.5 Å². The fourth-order valence-corrected chi connectivity index (χ4v) is 7.02. The lowest BCUT2D eigenvalue weighted by atomic mass is 10.2. The van der Waals surface area contributed by atoms with Crippen LogP contribution in [0.15, 0.2) is 69.2 Å². The summed E-state index contributed by atoms with van der Waals surface area (Å²) in [5.41, 5.74) is 21.5. The Bertz CT molecular complexity index is 1950. The van der Waals surface area contributed by atoms with Crippen LogP contribution in [-0.4, -0.2) is 18.3 Å². The van der Waals surface area contributed by atoms with Gasteiger partial charge in [0.15, 0.2) is 0 Å². The average Bonchev–Trinajstić information content (AvgIpc) is 4.01. The molecule has 0 atom stereocenters. The molecule has 0 spiro atoms. The molecule has 7 rings (SSSR count). The van der Waals surface area contributed by atoms with Gasteiger partial charge in [0.05, 0.1) is 11.3 Å². The second-order valence-electron chi connectivity index (χ2n) is 16.1. The molecule has 0 fully saturated rings. The zero-order valence-electron chi connectivity index (χ0n) is 40.7. The smallest absolute Gasteiger partial charge is 0.103 e. The van der Waals surface area contributed by atoms with Crippen LogP contribution in [-0.2, 0) is 28.2 Å². The van der Waals surface area contributed by atoms with Crippen molar-refractivity contribution in [3.05, 3.63) is 159 Å². The third kappa shape index (κ3) is 15.9. The Balaban J connectivity index is 0.000000344. The molecule has 6 aromatic heterocycles. The monoisotopic (exact) mass is 863 g/mol. The topological polar surface area (TPSA) is 32.9 Å². The summed E-state index contributed by atoms with van der Waals surface area (Å²) < 4.78 is 13.7. The molecular formula is C51H76Cl2N4OS. The van der Waals surface area contributed by atoms with Gasteiger partial charge in [-0.3, -0.25) is 0 Å². The molecule has 0 aliphatic heterocycles. The average molecular weight is 864 g/mol. The van der Waals surface area contributed by atoms with E-state index in [4.69, 9.17) is 27.6 Å². The second kappa shape index (κ2) is 24.4. The number of hydrogen-bond donors (Lipinski definition) is 0. The Labute approximate surface area is 373 Å². The summed E-state index contributed by atoms with van der Waals surface area (Å²) >= 11 is 13.2. The van der Waals surface area contributed by atoms with Crippen LogP contribution < -0.4 is 0 Å². The molecule has 1 aliphatic carbocycles. The van der Waals surface area contributed by atoms with E-state index in [2.05, 4.69) is 187 Å². The first-order valence-electron chi connectivity index (χ1n) is 20.3. The molecular weight excluding hydrogens is 788 g/mol. The van der Waals surface area contributed by atoms with Gasteiger partial charge in [0.1, 0.15) is 5.76 Å². The van der Waals surface area contributed by atoms with Gasteiger partial charge in [-0.2, -0.15) is 0 Å². The molecule has 0 bridgehead atoms. The summed E-state index contributed by atoms with van der Waals surface area (Å²) in [6, 6.07) is 2.12. The number of allylic oxidation sites excluding steroid dienone is 4. The maximum absolute atomic E-state index is 5.79. The van der Waals surface area contributed by atoms with Gasteiger partial charge in [-0.15, -0.1) is 11.3 Å². The first-order valence-corrected chi connectivity index (χ1v) is 22.0. The van der Waals surface area contributed by atoms with E-state index in [1.807, 2.05) is 26.2 Å². The lowest BCUT2D eigenvalue weighted by Crippen LogP contribution is -1.87. The Morgan fingerprint density at radius 2 is 0.932 bits per heavy atom. The first-order chi connectivity index (χ1) is 27.2. The molecule has 6 heterocycles. The van der Waals surface area contributed by atoms with Crippen LogP contribution in [0, 0.1) is 111 Å². The van der Waals surface area contributed by atoms with Crippen molar-refractivity contribution < 1.29 is 4.42 Å². The van der Waals surface area contributed by atoms with Crippen LogP contribution in [0.2, 0.25) is 5.02 Å². The van der Waals surface area contributed by atoms with Gasteiger partial charge in [0.2, 0.25) is 0 Å². The molecule has 0 unspecified atom stereocenters. The Hall–Kier alpha value is -3.84. The number of furan rings is 1. The fourth-order valence-electron chi connectivity index (χ4n) is 5.72. The third-order valence-electron chi connectivity index (χ3n) is 12.1.